The minimum absolute atomic E-state index is 0.180. The molecule has 0 bridgehead atoms. The first-order valence-electron chi connectivity index (χ1n) is 7.70. The van der Waals surface area contributed by atoms with Gasteiger partial charge in [0.2, 0.25) is 5.91 Å². The normalized spacial score (nSPS) is 12.9. The second-order valence-corrected chi connectivity index (χ2v) is 9.83. The van der Waals surface area contributed by atoms with Crippen LogP contribution in [0.4, 0.5) is 19.0 Å². The van der Waals surface area contributed by atoms with Gasteiger partial charge in [0.25, 0.3) is 0 Å². The molecular weight excluding hydrogens is 442 g/mol. The number of carbonyl (C=O) groups is 1. The molecule has 0 aliphatic carbocycles. The lowest BCUT2D eigenvalue weighted by Gasteiger charge is -2.17. The first-order chi connectivity index (χ1) is 12.5. The van der Waals surface area contributed by atoms with Crippen molar-refractivity contribution in [2.24, 2.45) is 5.41 Å². The number of nitrogens with one attached hydrogen (secondary N) is 2. The molecule has 0 saturated carbocycles. The van der Waals surface area contributed by atoms with Gasteiger partial charge in [-0.1, -0.05) is 44.0 Å². The maximum atomic E-state index is 12.9. The van der Waals surface area contributed by atoms with E-state index >= 15 is 0 Å². The zero-order chi connectivity index (χ0) is 21.7. The number of hydrogen-bond acceptors (Lipinski definition) is 4. The molecule has 0 spiro atoms. The second-order valence-electron chi connectivity index (χ2n) is 7.07. The van der Waals surface area contributed by atoms with E-state index in [9.17, 15) is 26.4 Å². The van der Waals surface area contributed by atoms with Gasteiger partial charge in [-0.25, -0.2) is 8.42 Å². The summed E-state index contributed by atoms with van der Waals surface area (Å²) >= 11 is 11.9. The van der Waals surface area contributed by atoms with Gasteiger partial charge in [-0.15, -0.1) is 0 Å². The summed E-state index contributed by atoms with van der Waals surface area (Å²) in [4.78, 5) is 11.8. The third kappa shape index (κ3) is 4.61. The minimum Gasteiger partial charge on any atom is -0.308 e. The Morgan fingerprint density at radius 1 is 1.14 bits per heavy atom. The highest BCUT2D eigenvalue weighted by Gasteiger charge is 2.34. The van der Waals surface area contributed by atoms with Crippen LogP contribution < -0.4 is 5.32 Å². The SMILES string of the molecule is CC(C)(C)C(=O)Nc1n[nH]c(-c2c(Cl)cc(C(F)(F)F)cc2Cl)c1S(C)(=O)=O. The Morgan fingerprint density at radius 2 is 1.64 bits per heavy atom. The molecule has 0 unspecified atom stereocenters. The molecule has 0 saturated heterocycles. The number of amides is 1. The smallest absolute Gasteiger partial charge is 0.308 e. The van der Waals surface area contributed by atoms with Crippen LogP contribution in [0.5, 0.6) is 0 Å². The zero-order valence-electron chi connectivity index (χ0n) is 15.1. The predicted octanol–water partition coefficient (Wildman–Crippen LogP) is 4.79. The molecule has 6 nitrogen and oxygen atoms in total. The van der Waals surface area contributed by atoms with Gasteiger partial charge >= 0.3 is 6.18 Å². The molecule has 1 aromatic heterocycles. The zero-order valence-corrected chi connectivity index (χ0v) is 17.5. The quantitative estimate of drug-likeness (QED) is 0.692. The van der Waals surface area contributed by atoms with E-state index < -0.39 is 47.8 Å². The van der Waals surface area contributed by atoms with E-state index in [1.54, 1.807) is 20.8 Å². The number of nitrogens with zero attached hydrogens (tertiary/aromatic N) is 1. The summed E-state index contributed by atoms with van der Waals surface area (Å²) in [7, 11) is -3.98. The minimum atomic E-state index is -4.69. The summed E-state index contributed by atoms with van der Waals surface area (Å²) in [6, 6.07) is 1.26. The fraction of sp³-hybridized carbons (Fsp3) is 0.375. The summed E-state index contributed by atoms with van der Waals surface area (Å²) in [6.45, 7) is 4.83. The van der Waals surface area contributed by atoms with E-state index in [4.69, 9.17) is 23.2 Å². The van der Waals surface area contributed by atoms with E-state index in [2.05, 4.69) is 15.5 Å². The van der Waals surface area contributed by atoms with Crippen LogP contribution >= 0.6 is 23.2 Å². The average molecular weight is 458 g/mol. The fourth-order valence-corrected chi connectivity index (χ4v) is 3.86. The van der Waals surface area contributed by atoms with Crippen molar-refractivity contribution in [3.05, 3.63) is 27.7 Å². The Kier molecular flexibility index (Phi) is 5.82. The van der Waals surface area contributed by atoms with E-state index in [0.717, 1.165) is 6.26 Å². The molecule has 0 atom stereocenters. The highest BCUT2D eigenvalue weighted by molar-refractivity contribution is 7.91. The largest absolute Gasteiger partial charge is 0.416 e. The fourth-order valence-electron chi connectivity index (χ4n) is 2.22. The van der Waals surface area contributed by atoms with Gasteiger partial charge in [0.15, 0.2) is 15.7 Å². The van der Waals surface area contributed by atoms with Gasteiger partial charge in [0, 0.05) is 17.2 Å². The second kappa shape index (κ2) is 7.23. The van der Waals surface area contributed by atoms with Crippen LogP contribution in [-0.4, -0.2) is 30.8 Å². The number of aromatic nitrogens is 2. The van der Waals surface area contributed by atoms with Gasteiger partial charge in [0.1, 0.15) is 4.90 Å². The highest BCUT2D eigenvalue weighted by Crippen LogP contribution is 2.43. The number of hydrogen-bond donors (Lipinski definition) is 2. The van der Waals surface area contributed by atoms with Crippen LogP contribution in [0.15, 0.2) is 17.0 Å². The van der Waals surface area contributed by atoms with E-state index in [1.807, 2.05) is 0 Å². The van der Waals surface area contributed by atoms with Crippen LogP contribution in [0.3, 0.4) is 0 Å². The molecule has 1 aromatic carbocycles. The molecule has 1 amide bonds. The lowest BCUT2D eigenvalue weighted by atomic mass is 9.96. The first kappa shape index (κ1) is 22.5. The topological polar surface area (TPSA) is 91.9 Å². The van der Waals surface area contributed by atoms with Crippen LogP contribution in [0.2, 0.25) is 10.0 Å². The van der Waals surface area contributed by atoms with Crippen molar-refractivity contribution < 1.29 is 26.4 Å². The molecule has 1 heterocycles. The molecule has 2 rings (SSSR count). The number of halogens is 5. The highest BCUT2D eigenvalue weighted by atomic mass is 35.5. The predicted molar refractivity (Wildman–Crippen MR) is 100 cm³/mol. The Bertz CT molecular complexity index is 1020. The van der Waals surface area contributed by atoms with Crippen LogP contribution in [0, 0.1) is 5.41 Å². The standard InChI is InChI=1S/C16H16Cl2F3N3O3S/c1-15(2,3)14(25)22-13-12(28(4,26)27)11(23-24-13)10-8(17)5-7(6-9(10)18)16(19,20)21/h5-6H,1-4H3,(H2,22,23,24,25). The molecule has 0 aliphatic heterocycles. The molecule has 154 valence electrons. The average Bonchev–Trinajstić information content (AvgIpc) is 2.88. The summed E-state index contributed by atoms with van der Waals surface area (Å²) in [6.07, 6.45) is -3.83. The van der Waals surface area contributed by atoms with E-state index in [-0.39, 0.29) is 17.1 Å². The Morgan fingerprint density at radius 3 is 2.04 bits per heavy atom. The van der Waals surface area contributed by atoms with Crippen molar-refractivity contribution in [1.82, 2.24) is 10.2 Å². The van der Waals surface area contributed by atoms with Gasteiger partial charge < -0.3 is 5.32 Å². The molecule has 2 N–H and O–H groups in total. The molecular formula is C16H16Cl2F3N3O3S. The van der Waals surface area contributed by atoms with Crippen molar-refractivity contribution in [3.8, 4) is 11.3 Å². The maximum Gasteiger partial charge on any atom is 0.416 e. The van der Waals surface area contributed by atoms with Gasteiger partial charge in [-0.3, -0.25) is 9.89 Å². The number of anilines is 1. The van der Waals surface area contributed by atoms with Crippen LogP contribution in [0.1, 0.15) is 26.3 Å². The third-order valence-corrected chi connectivity index (χ3v) is 5.36. The number of sulfone groups is 1. The van der Waals surface area contributed by atoms with Gasteiger partial charge in [-0.2, -0.15) is 18.3 Å². The molecule has 12 heteroatoms. The molecule has 0 radical (unpaired) electrons. The van der Waals surface area contributed by atoms with Gasteiger partial charge in [-0.05, 0) is 12.1 Å². The van der Waals surface area contributed by atoms with Crippen molar-refractivity contribution in [1.29, 1.82) is 0 Å². The third-order valence-electron chi connectivity index (χ3n) is 3.62. The maximum absolute atomic E-state index is 12.9. The summed E-state index contributed by atoms with van der Waals surface area (Å²) < 4.78 is 63.4. The molecule has 0 fully saturated rings. The summed E-state index contributed by atoms with van der Waals surface area (Å²) in [5.74, 6) is -0.815. The number of alkyl halides is 3. The van der Waals surface area contributed by atoms with E-state index in [0.29, 0.717) is 12.1 Å². The lowest BCUT2D eigenvalue weighted by Crippen LogP contribution is -2.28. The molecule has 0 aliphatic rings. The summed E-state index contributed by atoms with van der Waals surface area (Å²) in [5.41, 5.74) is -2.35. The first-order valence-corrected chi connectivity index (χ1v) is 10.3. The molecule has 28 heavy (non-hydrogen) atoms. The van der Waals surface area contributed by atoms with Crippen LogP contribution in [-0.2, 0) is 20.8 Å². The number of carbonyl (C=O) groups excluding carboxylic acids is 1. The van der Waals surface area contributed by atoms with Crippen molar-refractivity contribution in [3.63, 3.8) is 0 Å². The number of aromatic amines is 1. The number of benzene rings is 1. The van der Waals surface area contributed by atoms with Crippen molar-refractivity contribution in [2.75, 3.05) is 11.6 Å². The van der Waals surface area contributed by atoms with E-state index in [1.165, 1.54) is 0 Å². The van der Waals surface area contributed by atoms with Crippen molar-refractivity contribution >= 4 is 44.8 Å². The number of rotatable bonds is 3. The Balaban J connectivity index is 2.70. The Hall–Kier alpha value is -1.78. The lowest BCUT2D eigenvalue weighted by molar-refractivity contribution is -0.137. The monoisotopic (exact) mass is 457 g/mol. The Labute approximate surface area is 169 Å². The van der Waals surface area contributed by atoms with Crippen molar-refractivity contribution in [2.45, 2.75) is 31.8 Å². The number of H-pyrrole nitrogens is 1. The molecule has 2 aromatic rings. The van der Waals surface area contributed by atoms with Gasteiger partial charge in [0.05, 0.1) is 21.3 Å². The summed E-state index contributed by atoms with van der Waals surface area (Å²) in [5, 5.41) is 7.73. The van der Waals surface area contributed by atoms with Crippen LogP contribution in [0.25, 0.3) is 11.3 Å².